The standard InChI is InChI=1S/C36H21F/c37-33-19-9-16-30-34-28-14-5-7-17-31(28)36(35(30)33,32-18-8-6-15-29(32)34)21-20-27-25-12-3-1-10-23(25)22-24-11-2-4-13-26(24)27/h1-19,22,34H. The number of hydrogen-bond donors (Lipinski definition) is 0. The van der Waals surface area contributed by atoms with E-state index in [-0.39, 0.29) is 11.7 Å². The average molecular weight is 473 g/mol. The van der Waals surface area contributed by atoms with Gasteiger partial charge in [-0.05, 0) is 61.5 Å². The third-order valence-corrected chi connectivity index (χ3v) is 8.23. The summed E-state index contributed by atoms with van der Waals surface area (Å²) in [6.07, 6.45) is 0. The van der Waals surface area contributed by atoms with E-state index in [2.05, 4.69) is 121 Å². The summed E-state index contributed by atoms with van der Waals surface area (Å²) in [7, 11) is 0. The minimum absolute atomic E-state index is 0.0140. The van der Waals surface area contributed by atoms with Crippen LogP contribution in [0.3, 0.4) is 0 Å². The molecule has 0 N–H and O–H groups in total. The van der Waals surface area contributed by atoms with Crippen molar-refractivity contribution in [3.05, 3.63) is 166 Å². The SMILES string of the molecule is Fc1cccc2c1C1(C#Cc3c4ccccc4cc4ccccc34)c3ccccc3C2c2ccccc21. The van der Waals surface area contributed by atoms with Crippen LogP contribution in [0, 0.1) is 17.7 Å². The first kappa shape index (κ1) is 20.5. The lowest BCUT2D eigenvalue weighted by atomic mass is 9.53. The molecule has 172 valence electrons. The van der Waals surface area contributed by atoms with Gasteiger partial charge in [-0.25, -0.2) is 4.39 Å². The normalized spacial score (nSPS) is 18.6. The molecule has 0 aliphatic heterocycles. The molecule has 3 aliphatic carbocycles. The van der Waals surface area contributed by atoms with Gasteiger partial charge in [-0.2, -0.15) is 0 Å². The van der Waals surface area contributed by atoms with Crippen LogP contribution in [-0.2, 0) is 5.41 Å². The van der Waals surface area contributed by atoms with Crippen LogP contribution in [0.5, 0.6) is 0 Å². The molecule has 6 aromatic rings. The summed E-state index contributed by atoms with van der Waals surface area (Å²) in [5.41, 5.74) is 6.45. The van der Waals surface area contributed by atoms with E-state index in [9.17, 15) is 0 Å². The monoisotopic (exact) mass is 472 g/mol. The van der Waals surface area contributed by atoms with E-state index in [0.717, 1.165) is 43.8 Å². The van der Waals surface area contributed by atoms with E-state index in [4.69, 9.17) is 0 Å². The van der Waals surface area contributed by atoms with Crippen molar-refractivity contribution < 1.29 is 4.39 Å². The van der Waals surface area contributed by atoms with Crippen LogP contribution in [0.1, 0.15) is 44.9 Å². The molecule has 0 spiro atoms. The van der Waals surface area contributed by atoms with Gasteiger partial charge in [-0.1, -0.05) is 121 Å². The molecule has 0 atom stereocenters. The second kappa shape index (κ2) is 7.42. The minimum atomic E-state index is -0.888. The Kier molecular flexibility index (Phi) is 4.11. The summed E-state index contributed by atoms with van der Waals surface area (Å²) in [6.45, 7) is 0. The lowest BCUT2D eigenvalue weighted by Gasteiger charge is -2.48. The molecule has 0 aromatic heterocycles. The van der Waals surface area contributed by atoms with Crippen LogP contribution in [0.4, 0.5) is 4.39 Å². The van der Waals surface area contributed by atoms with Gasteiger partial charge in [-0.15, -0.1) is 0 Å². The third-order valence-electron chi connectivity index (χ3n) is 8.23. The number of benzene rings is 6. The van der Waals surface area contributed by atoms with Crippen LogP contribution >= 0.6 is 0 Å². The highest BCUT2D eigenvalue weighted by Gasteiger charge is 2.52. The first-order chi connectivity index (χ1) is 18.3. The van der Waals surface area contributed by atoms with Gasteiger partial charge in [0.05, 0.1) is 0 Å². The van der Waals surface area contributed by atoms with E-state index in [1.807, 2.05) is 6.07 Å². The number of rotatable bonds is 0. The average Bonchev–Trinajstić information content (AvgIpc) is 2.95. The Morgan fingerprint density at radius 1 is 0.568 bits per heavy atom. The van der Waals surface area contributed by atoms with Crippen molar-refractivity contribution in [3.8, 4) is 11.8 Å². The van der Waals surface area contributed by atoms with Crippen molar-refractivity contribution in [1.29, 1.82) is 0 Å². The van der Waals surface area contributed by atoms with Gasteiger partial charge in [0.15, 0.2) is 0 Å². The molecule has 1 heteroatoms. The van der Waals surface area contributed by atoms with Crippen LogP contribution < -0.4 is 0 Å². The van der Waals surface area contributed by atoms with E-state index in [1.54, 1.807) is 6.07 Å². The van der Waals surface area contributed by atoms with Crippen molar-refractivity contribution in [2.24, 2.45) is 0 Å². The quantitative estimate of drug-likeness (QED) is 0.154. The Hall–Kier alpha value is -4.67. The van der Waals surface area contributed by atoms with Crippen molar-refractivity contribution in [2.45, 2.75) is 11.3 Å². The summed E-state index contributed by atoms with van der Waals surface area (Å²) in [6, 6.07) is 41.5. The fraction of sp³-hybridized carbons (Fsp3) is 0.0556. The lowest BCUT2D eigenvalue weighted by molar-refractivity contribution is 0.559. The molecule has 3 aliphatic rings. The Bertz CT molecular complexity index is 1870. The molecule has 0 saturated heterocycles. The lowest BCUT2D eigenvalue weighted by Crippen LogP contribution is -2.42. The number of hydrogen-bond acceptors (Lipinski definition) is 0. The predicted octanol–water partition coefficient (Wildman–Crippen LogP) is 8.33. The van der Waals surface area contributed by atoms with E-state index < -0.39 is 5.41 Å². The Morgan fingerprint density at radius 3 is 1.76 bits per heavy atom. The van der Waals surface area contributed by atoms with Crippen molar-refractivity contribution >= 4 is 21.5 Å². The maximum atomic E-state index is 15.9. The zero-order valence-electron chi connectivity index (χ0n) is 20.0. The molecule has 0 amide bonds. The molecule has 2 bridgehead atoms. The van der Waals surface area contributed by atoms with E-state index in [0.29, 0.717) is 5.56 Å². The highest BCUT2D eigenvalue weighted by Crippen LogP contribution is 2.59. The summed E-state index contributed by atoms with van der Waals surface area (Å²) in [4.78, 5) is 0. The Morgan fingerprint density at radius 2 is 1.11 bits per heavy atom. The smallest absolute Gasteiger partial charge is 0.128 e. The van der Waals surface area contributed by atoms with Crippen molar-refractivity contribution in [3.63, 3.8) is 0 Å². The van der Waals surface area contributed by atoms with Gasteiger partial charge in [0.2, 0.25) is 0 Å². The molecule has 6 aromatic carbocycles. The molecule has 0 unspecified atom stereocenters. The number of halogens is 1. The van der Waals surface area contributed by atoms with Gasteiger partial charge in [0.1, 0.15) is 11.2 Å². The Labute approximate surface area is 215 Å². The van der Waals surface area contributed by atoms with Crippen LogP contribution in [-0.4, -0.2) is 0 Å². The minimum Gasteiger partial charge on any atom is -0.207 e. The molecular weight excluding hydrogens is 451 g/mol. The summed E-state index contributed by atoms with van der Waals surface area (Å²) in [5, 5.41) is 4.54. The fourth-order valence-electron chi connectivity index (χ4n) is 6.78. The summed E-state index contributed by atoms with van der Waals surface area (Å²) < 4.78 is 15.9. The molecule has 0 radical (unpaired) electrons. The largest absolute Gasteiger partial charge is 0.207 e. The molecule has 0 nitrogen and oxygen atoms in total. The van der Waals surface area contributed by atoms with Crippen LogP contribution in [0.2, 0.25) is 0 Å². The molecule has 37 heavy (non-hydrogen) atoms. The first-order valence-corrected chi connectivity index (χ1v) is 12.7. The molecular formula is C36H21F. The maximum Gasteiger partial charge on any atom is 0.128 e. The van der Waals surface area contributed by atoms with Crippen molar-refractivity contribution in [2.75, 3.05) is 0 Å². The number of fused-ring (bicyclic) bond motifs is 2. The van der Waals surface area contributed by atoms with Crippen LogP contribution in [0.15, 0.2) is 121 Å². The summed E-state index contributed by atoms with van der Waals surface area (Å²) >= 11 is 0. The highest BCUT2D eigenvalue weighted by molar-refractivity contribution is 6.04. The van der Waals surface area contributed by atoms with Gasteiger partial charge in [0.25, 0.3) is 0 Å². The second-order valence-electron chi connectivity index (χ2n) is 10.0. The third kappa shape index (κ3) is 2.62. The zero-order valence-corrected chi connectivity index (χ0v) is 20.0. The van der Waals surface area contributed by atoms with Gasteiger partial charge >= 0.3 is 0 Å². The second-order valence-corrected chi connectivity index (χ2v) is 10.0. The van der Waals surface area contributed by atoms with Gasteiger partial charge in [0, 0.05) is 17.0 Å². The van der Waals surface area contributed by atoms with Crippen LogP contribution in [0.25, 0.3) is 21.5 Å². The maximum absolute atomic E-state index is 15.9. The predicted molar refractivity (Wildman–Crippen MR) is 148 cm³/mol. The zero-order chi connectivity index (χ0) is 24.6. The van der Waals surface area contributed by atoms with E-state index in [1.165, 1.54) is 11.1 Å². The molecule has 0 heterocycles. The first-order valence-electron chi connectivity index (χ1n) is 12.7. The fourth-order valence-corrected chi connectivity index (χ4v) is 6.78. The van der Waals surface area contributed by atoms with Gasteiger partial charge in [-0.3, -0.25) is 0 Å². The highest BCUT2D eigenvalue weighted by atomic mass is 19.1. The molecule has 0 saturated carbocycles. The topological polar surface area (TPSA) is 0 Å². The molecule has 0 fully saturated rings. The van der Waals surface area contributed by atoms with Crippen molar-refractivity contribution in [1.82, 2.24) is 0 Å². The Balaban J connectivity index is 1.54. The van der Waals surface area contributed by atoms with E-state index >= 15 is 4.39 Å². The molecule has 9 rings (SSSR count). The summed E-state index contributed by atoms with van der Waals surface area (Å²) in [5.74, 6) is 7.22. The van der Waals surface area contributed by atoms with Gasteiger partial charge < -0.3 is 0 Å².